The SMILES string of the molecule is C=C/C=C(\C=C/C)c1cc(-c2ccccc2)c(/C=C2N=C(/C(C=C)=C/C=C\C)C=C\2c2ccccc2)n1B(F)F. The Morgan fingerprint density at radius 3 is 2.12 bits per heavy atom. The Morgan fingerprint density at radius 1 is 0.875 bits per heavy atom. The van der Waals surface area contributed by atoms with Crippen molar-refractivity contribution in [3.63, 3.8) is 0 Å². The van der Waals surface area contributed by atoms with E-state index >= 15 is 0 Å². The van der Waals surface area contributed by atoms with Crippen molar-refractivity contribution in [2.75, 3.05) is 0 Å². The molecule has 198 valence electrons. The van der Waals surface area contributed by atoms with Crippen LogP contribution in [-0.4, -0.2) is 17.6 Å². The number of rotatable bonds is 10. The van der Waals surface area contributed by atoms with E-state index in [1.54, 1.807) is 24.3 Å². The Balaban J connectivity index is 2.05. The van der Waals surface area contributed by atoms with Gasteiger partial charge in [0.2, 0.25) is 0 Å². The molecule has 5 heteroatoms. The van der Waals surface area contributed by atoms with Crippen molar-refractivity contribution in [3.05, 3.63) is 163 Å². The number of nitrogens with zero attached hydrogens (tertiary/aromatic N) is 2. The molecule has 2 aromatic carbocycles. The fourth-order valence-electron chi connectivity index (χ4n) is 4.63. The molecule has 3 aromatic rings. The van der Waals surface area contributed by atoms with Gasteiger partial charge in [-0.05, 0) is 54.3 Å². The fraction of sp³-hybridized carbons (Fsp3) is 0.0571. The van der Waals surface area contributed by atoms with Crippen LogP contribution in [0, 0.1) is 0 Å². The molecule has 0 saturated carbocycles. The summed E-state index contributed by atoms with van der Waals surface area (Å²) >= 11 is 0. The van der Waals surface area contributed by atoms with E-state index in [2.05, 4.69) is 13.2 Å². The van der Waals surface area contributed by atoms with Crippen LogP contribution >= 0.6 is 0 Å². The zero-order chi connectivity index (χ0) is 28.5. The number of hydrogen-bond donors (Lipinski definition) is 0. The minimum absolute atomic E-state index is 0.370. The molecule has 0 amide bonds. The molecule has 2 heterocycles. The molecule has 0 spiro atoms. The van der Waals surface area contributed by atoms with E-state index in [1.807, 2.05) is 117 Å². The van der Waals surface area contributed by atoms with Gasteiger partial charge in [-0.2, -0.15) is 0 Å². The van der Waals surface area contributed by atoms with E-state index in [1.165, 1.54) is 0 Å². The molecular formula is C35H31BF2N2. The second-order valence-corrected chi connectivity index (χ2v) is 9.00. The maximum Gasteiger partial charge on any atom is 0.678 e. The number of allylic oxidation sites excluding steroid dienone is 12. The summed E-state index contributed by atoms with van der Waals surface area (Å²) in [5, 5.41) is 0. The smallest absolute Gasteiger partial charge is 0.325 e. The molecule has 0 saturated heterocycles. The summed E-state index contributed by atoms with van der Waals surface area (Å²) < 4.78 is 30.9. The zero-order valence-corrected chi connectivity index (χ0v) is 22.8. The highest BCUT2D eigenvalue weighted by Crippen LogP contribution is 2.38. The van der Waals surface area contributed by atoms with E-state index in [4.69, 9.17) is 4.99 Å². The maximum absolute atomic E-state index is 14.9. The van der Waals surface area contributed by atoms with Crippen molar-refractivity contribution in [2.24, 2.45) is 4.99 Å². The van der Waals surface area contributed by atoms with E-state index in [-0.39, 0.29) is 0 Å². The second-order valence-electron chi connectivity index (χ2n) is 9.00. The number of aromatic nitrogens is 1. The van der Waals surface area contributed by atoms with E-state index in [9.17, 15) is 8.63 Å². The van der Waals surface area contributed by atoms with Crippen LogP contribution in [0.3, 0.4) is 0 Å². The van der Waals surface area contributed by atoms with E-state index in [0.29, 0.717) is 28.2 Å². The summed E-state index contributed by atoms with van der Waals surface area (Å²) in [4.78, 5) is 4.94. The van der Waals surface area contributed by atoms with Crippen LogP contribution in [0.25, 0.3) is 28.3 Å². The largest absolute Gasteiger partial charge is 0.678 e. The first kappa shape index (κ1) is 28.2. The van der Waals surface area contributed by atoms with Crippen LogP contribution in [0.2, 0.25) is 0 Å². The topological polar surface area (TPSA) is 17.3 Å². The molecule has 1 aliphatic heterocycles. The van der Waals surface area contributed by atoms with Gasteiger partial charge in [0.25, 0.3) is 0 Å². The van der Waals surface area contributed by atoms with Gasteiger partial charge in [-0.15, -0.1) is 0 Å². The summed E-state index contributed by atoms with van der Waals surface area (Å²) in [6.07, 6.45) is 18.3. The van der Waals surface area contributed by atoms with Crippen molar-refractivity contribution >= 4 is 30.3 Å². The Labute approximate surface area is 236 Å². The van der Waals surface area contributed by atoms with Crippen LogP contribution in [0.4, 0.5) is 8.63 Å². The Hall–Kier alpha value is -4.77. The lowest BCUT2D eigenvalue weighted by Crippen LogP contribution is -2.17. The van der Waals surface area contributed by atoms with Crippen molar-refractivity contribution in [1.82, 2.24) is 4.48 Å². The third-order valence-electron chi connectivity index (χ3n) is 6.44. The van der Waals surface area contributed by atoms with Crippen LogP contribution in [0.1, 0.15) is 30.8 Å². The highest BCUT2D eigenvalue weighted by molar-refractivity contribution is 6.42. The third kappa shape index (κ3) is 6.10. The van der Waals surface area contributed by atoms with Crippen LogP contribution < -0.4 is 0 Å². The quantitative estimate of drug-likeness (QED) is 0.184. The monoisotopic (exact) mass is 528 g/mol. The van der Waals surface area contributed by atoms with Crippen molar-refractivity contribution in [1.29, 1.82) is 0 Å². The fourth-order valence-corrected chi connectivity index (χ4v) is 4.63. The Bertz CT molecular complexity index is 1600. The minimum atomic E-state index is -2.79. The number of halogens is 2. The molecule has 0 unspecified atom stereocenters. The van der Waals surface area contributed by atoms with Crippen LogP contribution in [0.15, 0.2) is 151 Å². The summed E-state index contributed by atoms with van der Waals surface area (Å²) in [6, 6.07) is 21.2. The Morgan fingerprint density at radius 2 is 1.55 bits per heavy atom. The minimum Gasteiger partial charge on any atom is -0.325 e. The molecule has 0 bridgehead atoms. The predicted molar refractivity (Wildman–Crippen MR) is 169 cm³/mol. The van der Waals surface area contributed by atoms with Gasteiger partial charge in [-0.25, -0.2) is 4.99 Å². The van der Waals surface area contributed by atoms with E-state index < -0.39 is 7.40 Å². The molecule has 0 N–H and O–H groups in total. The van der Waals surface area contributed by atoms with Gasteiger partial charge in [0, 0.05) is 22.5 Å². The molecule has 0 fully saturated rings. The van der Waals surface area contributed by atoms with Gasteiger partial charge in [0.15, 0.2) is 0 Å². The highest BCUT2D eigenvalue weighted by atomic mass is 19.2. The van der Waals surface area contributed by atoms with Crippen molar-refractivity contribution in [2.45, 2.75) is 13.8 Å². The first-order valence-electron chi connectivity index (χ1n) is 13.1. The van der Waals surface area contributed by atoms with Gasteiger partial charge >= 0.3 is 7.40 Å². The maximum atomic E-state index is 14.9. The first-order valence-corrected chi connectivity index (χ1v) is 13.1. The lowest BCUT2D eigenvalue weighted by molar-refractivity contribution is 0.627. The molecule has 1 aromatic heterocycles. The second kappa shape index (κ2) is 13.3. The standard InChI is InChI=1S/C35H31BF2N2/c1-5-9-18-26(8-4)32-23-30(27-19-12-10-13-20-27)33(39-32)25-35-31(28-21-14-11-15-22-28)24-34(40(35)36(37)38)29(16-6-2)17-7-3/h5-25H,2,4H2,1,3H3/b9-5-,17-7-,26-18+,29-16+,33-25-. The molecule has 0 aliphatic carbocycles. The summed E-state index contributed by atoms with van der Waals surface area (Å²) in [6.45, 7) is 11.5. The molecular weight excluding hydrogens is 497 g/mol. The number of benzene rings is 2. The van der Waals surface area contributed by atoms with Gasteiger partial charge < -0.3 is 4.48 Å². The van der Waals surface area contributed by atoms with Gasteiger partial charge in [-0.1, -0.05) is 122 Å². The molecule has 2 nitrogen and oxygen atoms in total. The number of aliphatic imine (C=N–C) groups is 1. The molecule has 0 atom stereocenters. The summed E-state index contributed by atoms with van der Waals surface area (Å²) in [5.74, 6) is 0. The van der Waals surface area contributed by atoms with Crippen LogP contribution in [-0.2, 0) is 0 Å². The normalized spacial score (nSPS) is 15.2. The molecule has 1 aliphatic rings. The summed E-state index contributed by atoms with van der Waals surface area (Å²) in [7, 11) is -2.79. The first-order chi connectivity index (χ1) is 19.5. The summed E-state index contributed by atoms with van der Waals surface area (Å²) in [5.41, 5.74) is 6.87. The van der Waals surface area contributed by atoms with Crippen molar-refractivity contribution < 1.29 is 8.63 Å². The average molecular weight is 528 g/mol. The molecule has 40 heavy (non-hydrogen) atoms. The van der Waals surface area contributed by atoms with E-state index in [0.717, 1.165) is 32.5 Å². The van der Waals surface area contributed by atoms with Crippen LogP contribution in [0.5, 0.6) is 0 Å². The lowest BCUT2D eigenvalue weighted by atomic mass is 9.99. The zero-order valence-electron chi connectivity index (χ0n) is 22.8. The van der Waals surface area contributed by atoms with Gasteiger partial charge in [0.1, 0.15) is 0 Å². The van der Waals surface area contributed by atoms with Crippen molar-refractivity contribution in [3.8, 4) is 11.1 Å². The van der Waals surface area contributed by atoms with Gasteiger partial charge in [0.05, 0.1) is 11.4 Å². The lowest BCUT2D eigenvalue weighted by Gasteiger charge is -2.11. The molecule has 0 radical (unpaired) electrons. The average Bonchev–Trinajstić information content (AvgIpc) is 3.57. The Kier molecular flexibility index (Phi) is 9.42. The molecule has 4 rings (SSSR count). The van der Waals surface area contributed by atoms with Gasteiger partial charge in [-0.3, -0.25) is 8.63 Å². The third-order valence-corrected chi connectivity index (χ3v) is 6.44. The predicted octanol–water partition coefficient (Wildman–Crippen LogP) is 9.64. The highest BCUT2D eigenvalue weighted by Gasteiger charge is 2.29. The number of hydrogen-bond acceptors (Lipinski definition) is 1.